The summed E-state index contributed by atoms with van der Waals surface area (Å²) in [6.45, 7) is 7.47. The highest BCUT2D eigenvalue weighted by Crippen LogP contribution is 2.52. The van der Waals surface area contributed by atoms with Gasteiger partial charge in [0.2, 0.25) is 0 Å². The SMILES string of the molecule is CC1(C)C(O)=C[O+]2CCOC21C. The topological polar surface area (TPSA) is 32.2 Å². The summed E-state index contributed by atoms with van der Waals surface area (Å²) in [4.78, 5) is 0. The second-order valence-electron chi connectivity index (χ2n) is 4.06. The van der Waals surface area contributed by atoms with Gasteiger partial charge < -0.3 is 9.47 Å². The van der Waals surface area contributed by atoms with Crippen LogP contribution in [0.1, 0.15) is 20.8 Å². The summed E-state index contributed by atoms with van der Waals surface area (Å²) >= 11 is 0. The van der Waals surface area contributed by atoms with Gasteiger partial charge in [-0.05, 0) is 13.8 Å². The van der Waals surface area contributed by atoms with Crippen molar-refractivity contribution in [1.82, 2.24) is 0 Å². The van der Waals surface area contributed by atoms with Crippen LogP contribution in [0.3, 0.4) is 0 Å². The molecule has 0 aromatic heterocycles. The van der Waals surface area contributed by atoms with Crippen LogP contribution in [0.4, 0.5) is 0 Å². The minimum absolute atomic E-state index is 0.325. The van der Waals surface area contributed by atoms with Crippen molar-refractivity contribution in [2.75, 3.05) is 13.2 Å². The van der Waals surface area contributed by atoms with Gasteiger partial charge in [-0.2, -0.15) is 0 Å². The predicted molar refractivity (Wildman–Crippen MR) is 44.8 cm³/mol. The maximum absolute atomic E-state index is 9.65. The van der Waals surface area contributed by atoms with Gasteiger partial charge in [-0.3, -0.25) is 4.74 Å². The molecule has 0 radical (unpaired) electrons. The van der Waals surface area contributed by atoms with Crippen LogP contribution in [0.25, 0.3) is 0 Å². The van der Waals surface area contributed by atoms with Crippen molar-refractivity contribution in [3.05, 3.63) is 12.0 Å². The van der Waals surface area contributed by atoms with Crippen molar-refractivity contribution in [3.8, 4) is 0 Å². The van der Waals surface area contributed by atoms with Gasteiger partial charge in [0.1, 0.15) is 12.0 Å². The molecule has 0 spiro atoms. The van der Waals surface area contributed by atoms with Gasteiger partial charge in [-0.1, -0.05) is 0 Å². The first-order valence-electron chi connectivity index (χ1n) is 4.23. The number of aliphatic hydroxyl groups is 1. The zero-order valence-corrected chi connectivity index (χ0v) is 7.76. The van der Waals surface area contributed by atoms with E-state index in [1.165, 1.54) is 0 Å². The fourth-order valence-corrected chi connectivity index (χ4v) is 1.79. The lowest BCUT2D eigenvalue weighted by atomic mass is 9.84. The average molecular weight is 171 g/mol. The molecule has 0 aromatic rings. The van der Waals surface area contributed by atoms with E-state index in [1.54, 1.807) is 6.26 Å². The highest BCUT2D eigenvalue weighted by molar-refractivity contribution is 5.15. The minimum atomic E-state index is -0.420. The molecule has 0 bridgehead atoms. The second kappa shape index (κ2) is 1.96. The van der Waals surface area contributed by atoms with E-state index in [-0.39, 0.29) is 5.41 Å². The lowest BCUT2D eigenvalue weighted by Gasteiger charge is -2.33. The minimum Gasteiger partial charge on any atom is -0.548 e. The molecule has 2 aliphatic rings. The molecule has 2 aliphatic heterocycles. The van der Waals surface area contributed by atoms with E-state index < -0.39 is 5.79 Å². The van der Waals surface area contributed by atoms with Crippen LogP contribution < -0.4 is 0 Å². The molecule has 1 fully saturated rings. The van der Waals surface area contributed by atoms with Crippen LogP contribution in [0, 0.1) is 5.41 Å². The van der Waals surface area contributed by atoms with E-state index in [2.05, 4.69) is 4.37 Å². The van der Waals surface area contributed by atoms with Gasteiger partial charge in [0.05, 0.1) is 6.92 Å². The first-order chi connectivity index (χ1) is 5.48. The summed E-state index contributed by atoms with van der Waals surface area (Å²) in [6, 6.07) is 0. The quantitative estimate of drug-likeness (QED) is 0.563. The summed E-state index contributed by atoms with van der Waals surface area (Å²) in [5, 5.41) is 9.65. The van der Waals surface area contributed by atoms with Gasteiger partial charge in [-0.25, -0.2) is 0 Å². The number of rotatable bonds is 0. The second-order valence-corrected chi connectivity index (χ2v) is 4.06. The number of ether oxygens (including phenoxy) is 1. The zero-order chi connectivity index (χ0) is 8.98. The molecular weight excluding hydrogens is 156 g/mol. The van der Waals surface area contributed by atoms with Crippen molar-refractivity contribution in [2.45, 2.75) is 26.6 Å². The molecule has 0 aromatic carbocycles. The Bertz CT molecular complexity index is 244. The molecule has 2 rings (SSSR count). The van der Waals surface area contributed by atoms with Crippen molar-refractivity contribution < 1.29 is 14.2 Å². The van der Waals surface area contributed by atoms with Crippen molar-refractivity contribution >= 4 is 0 Å². The Kier molecular flexibility index (Phi) is 1.30. The lowest BCUT2D eigenvalue weighted by molar-refractivity contribution is -0.269. The standard InChI is InChI=1S/C9H14O3/c1-8(2)7(10)6-12-5-4-11-9(8,12)3/h6H,4-5H2,1-3H3/p+1. The van der Waals surface area contributed by atoms with Gasteiger partial charge in [0.15, 0.2) is 12.4 Å². The monoisotopic (exact) mass is 171 g/mol. The molecule has 3 nitrogen and oxygen atoms in total. The highest BCUT2D eigenvalue weighted by atomic mass is 16.9. The van der Waals surface area contributed by atoms with Crippen LogP contribution in [-0.4, -0.2) is 24.1 Å². The highest BCUT2D eigenvalue weighted by Gasteiger charge is 2.63. The van der Waals surface area contributed by atoms with E-state index in [0.29, 0.717) is 12.4 Å². The third-order valence-electron chi connectivity index (χ3n) is 3.21. The molecular formula is C9H15O3+. The Morgan fingerprint density at radius 3 is 2.75 bits per heavy atom. The van der Waals surface area contributed by atoms with E-state index in [4.69, 9.17) is 4.74 Å². The fourth-order valence-electron chi connectivity index (χ4n) is 1.79. The first kappa shape index (κ1) is 7.92. The normalized spacial score (nSPS) is 38.2. The zero-order valence-electron chi connectivity index (χ0n) is 7.76. The van der Waals surface area contributed by atoms with Crippen LogP contribution >= 0.6 is 0 Å². The van der Waals surface area contributed by atoms with Crippen LogP contribution in [0.5, 0.6) is 0 Å². The predicted octanol–water partition coefficient (Wildman–Crippen LogP) is 1.72. The molecule has 0 amide bonds. The molecule has 1 N–H and O–H groups in total. The van der Waals surface area contributed by atoms with Gasteiger partial charge in [-0.15, -0.1) is 0 Å². The van der Waals surface area contributed by atoms with E-state index in [9.17, 15) is 5.11 Å². The maximum atomic E-state index is 9.65. The van der Waals surface area contributed by atoms with Crippen molar-refractivity contribution in [2.24, 2.45) is 5.41 Å². The van der Waals surface area contributed by atoms with Crippen molar-refractivity contribution in [3.63, 3.8) is 0 Å². The van der Waals surface area contributed by atoms with Crippen LogP contribution in [-0.2, 0) is 9.10 Å². The summed E-state index contributed by atoms with van der Waals surface area (Å²) in [6.07, 6.45) is 1.72. The molecule has 68 valence electrons. The number of hydrogen-bond donors (Lipinski definition) is 1. The number of aliphatic hydroxyl groups excluding tert-OH is 1. The largest absolute Gasteiger partial charge is 0.548 e. The summed E-state index contributed by atoms with van der Waals surface area (Å²) in [5.74, 6) is -0.0356. The molecule has 0 saturated carbocycles. The Labute approximate surface area is 72.3 Å². The molecule has 1 atom stereocenters. The number of fused-ring (bicyclic) bond motifs is 1. The summed E-state index contributed by atoms with van der Waals surface area (Å²) in [7, 11) is 0. The number of hydrogen-bond acceptors (Lipinski definition) is 2. The maximum Gasteiger partial charge on any atom is 0.316 e. The van der Waals surface area contributed by atoms with Crippen LogP contribution in [0.15, 0.2) is 12.0 Å². The Balaban J connectivity index is 2.43. The van der Waals surface area contributed by atoms with Gasteiger partial charge in [0.25, 0.3) is 6.26 Å². The molecule has 0 aliphatic carbocycles. The van der Waals surface area contributed by atoms with E-state index in [0.717, 1.165) is 6.61 Å². The third kappa shape index (κ3) is 0.654. The van der Waals surface area contributed by atoms with Crippen molar-refractivity contribution in [1.29, 1.82) is 0 Å². The Morgan fingerprint density at radius 1 is 1.50 bits per heavy atom. The molecule has 12 heavy (non-hydrogen) atoms. The van der Waals surface area contributed by atoms with Gasteiger partial charge in [0, 0.05) is 0 Å². The molecule has 1 saturated heterocycles. The molecule has 1 unspecified atom stereocenters. The average Bonchev–Trinajstić information content (AvgIpc) is 2.39. The van der Waals surface area contributed by atoms with Crippen LogP contribution in [0.2, 0.25) is 0 Å². The smallest absolute Gasteiger partial charge is 0.316 e. The fraction of sp³-hybridized carbons (Fsp3) is 0.778. The first-order valence-corrected chi connectivity index (χ1v) is 4.23. The van der Waals surface area contributed by atoms with E-state index in [1.807, 2.05) is 20.8 Å². The molecule has 3 heteroatoms. The Morgan fingerprint density at radius 2 is 2.17 bits per heavy atom. The molecule has 2 heterocycles. The van der Waals surface area contributed by atoms with Gasteiger partial charge >= 0.3 is 5.79 Å². The Hall–Kier alpha value is -0.700. The summed E-state index contributed by atoms with van der Waals surface area (Å²) < 4.78 is 8.53. The third-order valence-corrected chi connectivity index (χ3v) is 3.21. The summed E-state index contributed by atoms with van der Waals surface area (Å²) in [5.41, 5.74) is -0.325. The van der Waals surface area contributed by atoms with E-state index >= 15 is 0 Å². The lowest BCUT2D eigenvalue weighted by Crippen LogP contribution is -2.43.